The number of hydrogen-bond donors (Lipinski definition) is 2. The minimum absolute atomic E-state index is 0.0422. The van der Waals surface area contributed by atoms with E-state index in [-0.39, 0.29) is 29.9 Å². The lowest BCUT2D eigenvalue weighted by molar-refractivity contribution is -0.123. The van der Waals surface area contributed by atoms with Gasteiger partial charge in [-0.1, -0.05) is 81.6 Å². The van der Waals surface area contributed by atoms with E-state index in [1.165, 1.54) is 32.1 Å². The van der Waals surface area contributed by atoms with Crippen molar-refractivity contribution in [3.05, 3.63) is 0 Å². The average Bonchev–Trinajstić information content (AvgIpc) is 2.61. The summed E-state index contributed by atoms with van der Waals surface area (Å²) < 4.78 is 33.9. The lowest BCUT2D eigenvalue weighted by atomic mass is 9.64. The fraction of sp³-hybridized carbons (Fsp3) is 0.958. The lowest BCUT2D eigenvalue weighted by Gasteiger charge is -2.41. The molecule has 0 aliphatic rings. The van der Waals surface area contributed by atoms with Gasteiger partial charge >= 0.3 is 10.4 Å². The number of carbonyl (C=O) groups excluding carboxylic acids is 1. The summed E-state index contributed by atoms with van der Waals surface area (Å²) >= 11 is 0. The third kappa shape index (κ3) is 13.5. The van der Waals surface area contributed by atoms with Gasteiger partial charge in [-0.05, 0) is 47.3 Å². The number of rotatable bonds is 16. The van der Waals surface area contributed by atoms with Gasteiger partial charge in [0.2, 0.25) is 5.91 Å². The van der Waals surface area contributed by atoms with Crippen LogP contribution < -0.4 is 5.32 Å². The molecular formula is C24H49NO5S. The van der Waals surface area contributed by atoms with Crippen LogP contribution in [0, 0.1) is 21.7 Å². The average molecular weight is 464 g/mol. The summed E-state index contributed by atoms with van der Waals surface area (Å²) in [5.41, 5.74) is 0.655. The predicted octanol–water partition coefficient (Wildman–Crippen LogP) is 6.17. The Hall–Kier alpha value is -0.660. The molecule has 1 amide bonds. The van der Waals surface area contributed by atoms with E-state index in [4.69, 9.17) is 4.55 Å². The second-order valence-corrected chi connectivity index (χ2v) is 12.7. The molecule has 0 aromatic rings. The highest BCUT2D eigenvalue weighted by molar-refractivity contribution is 7.80. The summed E-state index contributed by atoms with van der Waals surface area (Å²) in [6.07, 6.45) is 8.42. The van der Waals surface area contributed by atoms with E-state index in [9.17, 15) is 13.2 Å². The third-order valence-electron chi connectivity index (χ3n) is 7.07. The SMILES string of the molecule is CCC(C)(CC)CC(C)(CC)CCC(C)(C)CC(C)(C)CC(=O)NCCOS(=O)(=O)O. The summed E-state index contributed by atoms with van der Waals surface area (Å²) in [5, 5.41) is 2.66. The van der Waals surface area contributed by atoms with Crippen LogP contribution in [0.4, 0.5) is 0 Å². The van der Waals surface area contributed by atoms with Gasteiger partial charge in [-0.3, -0.25) is 9.35 Å². The molecule has 0 saturated heterocycles. The molecule has 1 atom stereocenters. The Morgan fingerprint density at radius 2 is 1.35 bits per heavy atom. The molecule has 6 nitrogen and oxygen atoms in total. The Labute approximate surface area is 192 Å². The molecule has 0 radical (unpaired) electrons. The molecule has 0 aliphatic carbocycles. The van der Waals surface area contributed by atoms with Crippen molar-refractivity contribution < 1.29 is 21.9 Å². The van der Waals surface area contributed by atoms with Crippen molar-refractivity contribution in [1.29, 1.82) is 0 Å². The summed E-state index contributed by atoms with van der Waals surface area (Å²) in [6.45, 7) is 20.3. The number of nitrogens with one attached hydrogen (secondary N) is 1. The smallest absolute Gasteiger partial charge is 0.354 e. The maximum absolute atomic E-state index is 12.3. The first kappa shape index (κ1) is 30.3. The van der Waals surface area contributed by atoms with Gasteiger partial charge in [0.15, 0.2) is 0 Å². The highest BCUT2D eigenvalue weighted by Crippen LogP contribution is 2.47. The Morgan fingerprint density at radius 1 is 0.839 bits per heavy atom. The first-order valence-electron chi connectivity index (χ1n) is 11.8. The maximum atomic E-state index is 12.3. The zero-order chi connectivity index (χ0) is 24.6. The van der Waals surface area contributed by atoms with E-state index in [1.54, 1.807) is 0 Å². The van der Waals surface area contributed by atoms with E-state index in [0.29, 0.717) is 17.3 Å². The molecule has 0 bridgehead atoms. The highest BCUT2D eigenvalue weighted by Gasteiger charge is 2.35. The molecule has 2 N–H and O–H groups in total. The zero-order valence-electron chi connectivity index (χ0n) is 21.6. The number of hydrogen-bond acceptors (Lipinski definition) is 4. The largest absolute Gasteiger partial charge is 0.397 e. The van der Waals surface area contributed by atoms with Crippen LogP contribution in [0.3, 0.4) is 0 Å². The quantitative estimate of drug-likeness (QED) is 0.211. The molecule has 0 spiro atoms. The second kappa shape index (κ2) is 12.0. The van der Waals surface area contributed by atoms with Crippen LogP contribution >= 0.6 is 0 Å². The van der Waals surface area contributed by atoms with Gasteiger partial charge in [0, 0.05) is 13.0 Å². The van der Waals surface area contributed by atoms with Crippen LogP contribution in [0.2, 0.25) is 0 Å². The molecule has 0 fully saturated rings. The van der Waals surface area contributed by atoms with Gasteiger partial charge in [0.25, 0.3) is 0 Å². The van der Waals surface area contributed by atoms with Gasteiger partial charge < -0.3 is 5.32 Å². The van der Waals surface area contributed by atoms with Crippen molar-refractivity contribution in [2.45, 2.75) is 114 Å². The van der Waals surface area contributed by atoms with E-state index in [0.717, 1.165) is 12.8 Å². The van der Waals surface area contributed by atoms with E-state index >= 15 is 0 Å². The Bertz CT molecular complexity index is 653. The topological polar surface area (TPSA) is 92.7 Å². The highest BCUT2D eigenvalue weighted by atomic mass is 32.3. The lowest BCUT2D eigenvalue weighted by Crippen LogP contribution is -2.34. The molecule has 0 saturated carbocycles. The molecular weight excluding hydrogens is 414 g/mol. The van der Waals surface area contributed by atoms with Crippen molar-refractivity contribution in [1.82, 2.24) is 5.32 Å². The molecule has 0 rings (SSSR count). The van der Waals surface area contributed by atoms with Gasteiger partial charge in [-0.25, -0.2) is 4.18 Å². The first-order chi connectivity index (χ1) is 13.9. The molecule has 31 heavy (non-hydrogen) atoms. The predicted molar refractivity (Wildman–Crippen MR) is 128 cm³/mol. The third-order valence-corrected chi connectivity index (χ3v) is 7.54. The Balaban J connectivity index is 4.77. The van der Waals surface area contributed by atoms with Gasteiger partial charge in [0.1, 0.15) is 0 Å². The summed E-state index contributed by atoms with van der Waals surface area (Å²) in [6, 6.07) is 0. The molecule has 0 aliphatic heterocycles. The first-order valence-corrected chi connectivity index (χ1v) is 13.2. The fourth-order valence-electron chi connectivity index (χ4n) is 4.84. The summed E-state index contributed by atoms with van der Waals surface area (Å²) in [4.78, 5) is 12.3. The van der Waals surface area contributed by atoms with Crippen LogP contribution in [0.15, 0.2) is 0 Å². The minimum Gasteiger partial charge on any atom is -0.354 e. The maximum Gasteiger partial charge on any atom is 0.397 e. The Kier molecular flexibility index (Phi) is 11.7. The molecule has 1 unspecified atom stereocenters. The molecule has 186 valence electrons. The number of carbonyl (C=O) groups is 1. The van der Waals surface area contributed by atoms with Gasteiger partial charge in [-0.2, -0.15) is 8.42 Å². The van der Waals surface area contributed by atoms with E-state index in [1.807, 2.05) is 0 Å². The van der Waals surface area contributed by atoms with Crippen molar-refractivity contribution in [2.75, 3.05) is 13.2 Å². The molecule has 7 heteroatoms. The van der Waals surface area contributed by atoms with Crippen LogP contribution in [-0.4, -0.2) is 32.0 Å². The van der Waals surface area contributed by atoms with Gasteiger partial charge in [0.05, 0.1) is 6.61 Å². The fourth-order valence-corrected chi connectivity index (χ4v) is 5.14. The van der Waals surface area contributed by atoms with Crippen molar-refractivity contribution in [2.24, 2.45) is 21.7 Å². The van der Waals surface area contributed by atoms with Crippen LogP contribution in [0.25, 0.3) is 0 Å². The normalized spacial score (nSPS) is 15.5. The second-order valence-electron chi connectivity index (χ2n) is 11.6. The molecule has 0 heterocycles. The van der Waals surface area contributed by atoms with Crippen LogP contribution in [0.1, 0.15) is 114 Å². The van der Waals surface area contributed by atoms with E-state index in [2.05, 4.69) is 71.8 Å². The summed E-state index contributed by atoms with van der Waals surface area (Å²) in [5.74, 6) is -0.139. The van der Waals surface area contributed by atoms with Crippen molar-refractivity contribution >= 4 is 16.3 Å². The monoisotopic (exact) mass is 463 g/mol. The van der Waals surface area contributed by atoms with Crippen molar-refractivity contribution in [3.63, 3.8) is 0 Å². The standard InChI is InChI=1S/C24H49NO5S/c1-10-23(8,11-2)19-24(9,12-3)14-13-21(4,5)18-22(6,7)17-20(26)25-15-16-30-31(27,28)29/h10-19H2,1-9H3,(H,25,26)(H,27,28,29). The summed E-state index contributed by atoms with van der Waals surface area (Å²) in [7, 11) is -4.47. The Morgan fingerprint density at radius 3 is 1.81 bits per heavy atom. The zero-order valence-corrected chi connectivity index (χ0v) is 22.4. The van der Waals surface area contributed by atoms with Crippen molar-refractivity contribution in [3.8, 4) is 0 Å². The number of amides is 1. The van der Waals surface area contributed by atoms with Gasteiger partial charge in [-0.15, -0.1) is 0 Å². The van der Waals surface area contributed by atoms with Crippen LogP contribution in [-0.2, 0) is 19.4 Å². The van der Waals surface area contributed by atoms with E-state index < -0.39 is 10.4 Å². The molecule has 0 aromatic carbocycles. The molecule has 0 aromatic heterocycles. The minimum atomic E-state index is -4.47. The van der Waals surface area contributed by atoms with Crippen LogP contribution in [0.5, 0.6) is 0 Å².